The SMILES string of the molecule is NC(=O)C1C=CC=CC1(F)Nc1ccc(I)cc1. The van der Waals surface area contributed by atoms with Crippen LogP contribution < -0.4 is 11.1 Å². The van der Waals surface area contributed by atoms with E-state index in [0.717, 1.165) is 3.57 Å². The minimum absolute atomic E-state index is 0.601. The molecule has 2 rings (SSSR count). The van der Waals surface area contributed by atoms with Crippen molar-refractivity contribution in [3.8, 4) is 0 Å². The summed E-state index contributed by atoms with van der Waals surface area (Å²) < 4.78 is 15.8. The predicted octanol–water partition coefficient (Wildman–Crippen LogP) is 2.60. The van der Waals surface area contributed by atoms with Crippen molar-refractivity contribution in [1.82, 2.24) is 0 Å². The van der Waals surface area contributed by atoms with Gasteiger partial charge in [-0.25, -0.2) is 4.39 Å². The molecule has 3 nitrogen and oxygen atoms in total. The van der Waals surface area contributed by atoms with E-state index in [1.807, 2.05) is 12.1 Å². The van der Waals surface area contributed by atoms with Crippen LogP contribution in [0.15, 0.2) is 48.6 Å². The number of carbonyl (C=O) groups is 1. The highest BCUT2D eigenvalue weighted by Crippen LogP contribution is 2.30. The van der Waals surface area contributed by atoms with Crippen LogP contribution in [0.5, 0.6) is 0 Å². The Balaban J connectivity index is 2.25. The van der Waals surface area contributed by atoms with Crippen LogP contribution in [0.2, 0.25) is 0 Å². The van der Waals surface area contributed by atoms with Crippen LogP contribution in [-0.2, 0) is 4.79 Å². The second-order valence-corrected chi connectivity index (χ2v) is 5.27. The summed E-state index contributed by atoms with van der Waals surface area (Å²) in [5.41, 5.74) is 5.82. The molecule has 0 aliphatic heterocycles. The molecule has 0 fully saturated rings. The molecule has 1 aromatic rings. The van der Waals surface area contributed by atoms with Crippen LogP contribution in [0.3, 0.4) is 0 Å². The third-order valence-electron chi connectivity index (χ3n) is 2.69. The zero-order valence-corrected chi connectivity index (χ0v) is 11.6. The average molecular weight is 358 g/mol. The lowest BCUT2D eigenvalue weighted by Gasteiger charge is -2.30. The lowest BCUT2D eigenvalue weighted by Crippen LogP contribution is -2.46. The van der Waals surface area contributed by atoms with Crippen LogP contribution in [0.25, 0.3) is 0 Å². The van der Waals surface area contributed by atoms with Crippen molar-refractivity contribution in [3.05, 3.63) is 52.1 Å². The summed E-state index contributed by atoms with van der Waals surface area (Å²) in [5, 5.41) is 2.71. The molecule has 3 N–H and O–H groups in total. The fourth-order valence-electron chi connectivity index (χ4n) is 1.79. The number of allylic oxidation sites excluding steroid dienone is 2. The van der Waals surface area contributed by atoms with Crippen LogP contribution in [0, 0.1) is 9.49 Å². The van der Waals surface area contributed by atoms with Gasteiger partial charge in [-0.05, 0) is 52.9 Å². The summed E-state index contributed by atoms with van der Waals surface area (Å²) in [6.07, 6.45) is 5.93. The maximum Gasteiger partial charge on any atom is 0.229 e. The fraction of sp³-hybridized carbons (Fsp3) is 0.154. The van der Waals surface area contributed by atoms with Gasteiger partial charge in [0, 0.05) is 9.26 Å². The molecule has 0 saturated carbocycles. The van der Waals surface area contributed by atoms with Crippen molar-refractivity contribution in [2.75, 3.05) is 5.32 Å². The van der Waals surface area contributed by atoms with E-state index < -0.39 is 17.6 Å². The third kappa shape index (κ3) is 2.72. The molecular formula is C13H12FIN2O. The molecule has 2 unspecified atom stereocenters. The molecule has 1 aliphatic rings. The monoisotopic (exact) mass is 358 g/mol. The van der Waals surface area contributed by atoms with Crippen LogP contribution >= 0.6 is 22.6 Å². The summed E-state index contributed by atoms with van der Waals surface area (Å²) in [5.74, 6) is -3.69. The second-order valence-electron chi connectivity index (χ2n) is 4.02. The van der Waals surface area contributed by atoms with Crippen molar-refractivity contribution in [2.24, 2.45) is 11.7 Å². The number of alkyl halides is 1. The minimum Gasteiger partial charge on any atom is -0.369 e. The number of halogens is 2. The average Bonchev–Trinajstić information content (AvgIpc) is 2.32. The number of hydrogen-bond acceptors (Lipinski definition) is 2. The molecular weight excluding hydrogens is 346 g/mol. The van der Waals surface area contributed by atoms with E-state index in [1.54, 1.807) is 24.3 Å². The molecule has 0 heterocycles. The quantitative estimate of drug-likeness (QED) is 0.645. The Morgan fingerprint density at radius 2 is 2.00 bits per heavy atom. The van der Waals surface area contributed by atoms with Crippen molar-refractivity contribution in [1.29, 1.82) is 0 Å². The molecule has 1 aliphatic carbocycles. The van der Waals surface area contributed by atoms with Gasteiger partial charge in [-0.15, -0.1) is 0 Å². The smallest absolute Gasteiger partial charge is 0.229 e. The lowest BCUT2D eigenvalue weighted by molar-refractivity contribution is -0.123. The Kier molecular flexibility index (Phi) is 3.70. The molecule has 18 heavy (non-hydrogen) atoms. The highest BCUT2D eigenvalue weighted by molar-refractivity contribution is 14.1. The number of amides is 1. The molecule has 94 valence electrons. The molecule has 1 aromatic carbocycles. The highest BCUT2D eigenvalue weighted by atomic mass is 127. The Hall–Kier alpha value is -1.37. The van der Waals surface area contributed by atoms with Gasteiger partial charge in [-0.1, -0.05) is 18.2 Å². The molecule has 0 radical (unpaired) electrons. The van der Waals surface area contributed by atoms with Gasteiger partial charge in [0.1, 0.15) is 5.92 Å². The van der Waals surface area contributed by atoms with Gasteiger partial charge in [-0.3, -0.25) is 4.79 Å². The lowest BCUT2D eigenvalue weighted by atomic mass is 9.91. The van der Waals surface area contributed by atoms with Crippen molar-refractivity contribution < 1.29 is 9.18 Å². The number of primary amides is 1. The predicted molar refractivity (Wildman–Crippen MR) is 77.6 cm³/mol. The molecule has 0 spiro atoms. The first kappa shape index (κ1) is 13.1. The maximum atomic E-state index is 14.7. The van der Waals surface area contributed by atoms with E-state index in [9.17, 15) is 9.18 Å². The van der Waals surface area contributed by atoms with E-state index in [0.29, 0.717) is 5.69 Å². The number of nitrogens with two attached hydrogens (primary N) is 1. The number of nitrogens with one attached hydrogen (secondary N) is 1. The second kappa shape index (κ2) is 5.09. The number of benzene rings is 1. The van der Waals surface area contributed by atoms with Gasteiger partial charge in [0.25, 0.3) is 0 Å². The van der Waals surface area contributed by atoms with E-state index in [-0.39, 0.29) is 0 Å². The summed E-state index contributed by atoms with van der Waals surface area (Å²) in [6, 6.07) is 7.22. The summed E-state index contributed by atoms with van der Waals surface area (Å²) in [4.78, 5) is 11.3. The number of carbonyl (C=O) groups excluding carboxylic acids is 1. The first-order chi connectivity index (χ1) is 8.51. The topological polar surface area (TPSA) is 55.1 Å². The Bertz CT molecular complexity index is 512. The zero-order chi connectivity index (χ0) is 13.2. The first-order valence-corrected chi connectivity index (χ1v) is 6.47. The molecule has 0 aromatic heterocycles. The zero-order valence-electron chi connectivity index (χ0n) is 9.44. The van der Waals surface area contributed by atoms with Gasteiger partial charge in [0.2, 0.25) is 11.7 Å². The third-order valence-corrected chi connectivity index (χ3v) is 3.41. The standard InChI is InChI=1S/C13H12FIN2O/c14-13(8-2-1-3-11(13)12(16)18)17-10-6-4-9(15)5-7-10/h1-8,11,17H,(H2,16,18). The van der Waals surface area contributed by atoms with Gasteiger partial charge < -0.3 is 11.1 Å². The summed E-state index contributed by atoms with van der Waals surface area (Å²) in [6.45, 7) is 0. The molecule has 5 heteroatoms. The van der Waals surface area contributed by atoms with Gasteiger partial charge >= 0.3 is 0 Å². The first-order valence-electron chi connectivity index (χ1n) is 5.39. The van der Waals surface area contributed by atoms with E-state index in [1.165, 1.54) is 12.2 Å². The van der Waals surface area contributed by atoms with Gasteiger partial charge in [0.15, 0.2) is 0 Å². The summed E-state index contributed by atoms with van der Waals surface area (Å²) in [7, 11) is 0. The summed E-state index contributed by atoms with van der Waals surface area (Å²) >= 11 is 2.16. The van der Waals surface area contributed by atoms with Crippen LogP contribution in [-0.4, -0.2) is 11.7 Å². The maximum absolute atomic E-state index is 14.7. The Morgan fingerprint density at radius 1 is 1.33 bits per heavy atom. The highest BCUT2D eigenvalue weighted by Gasteiger charge is 2.40. The minimum atomic E-state index is -1.98. The van der Waals surface area contributed by atoms with Crippen LogP contribution in [0.4, 0.5) is 10.1 Å². The number of anilines is 1. The van der Waals surface area contributed by atoms with E-state index >= 15 is 0 Å². The normalized spacial score (nSPS) is 26.0. The van der Waals surface area contributed by atoms with Crippen molar-refractivity contribution in [3.63, 3.8) is 0 Å². The molecule has 0 bridgehead atoms. The van der Waals surface area contributed by atoms with Crippen molar-refractivity contribution >= 4 is 34.2 Å². The van der Waals surface area contributed by atoms with Gasteiger partial charge in [0.05, 0.1) is 0 Å². The molecule has 1 amide bonds. The Labute approximate surface area is 118 Å². The van der Waals surface area contributed by atoms with Crippen molar-refractivity contribution in [2.45, 2.75) is 5.79 Å². The molecule has 0 saturated heterocycles. The largest absolute Gasteiger partial charge is 0.369 e. The number of hydrogen-bond donors (Lipinski definition) is 2. The fourth-order valence-corrected chi connectivity index (χ4v) is 2.15. The van der Waals surface area contributed by atoms with Gasteiger partial charge in [-0.2, -0.15) is 0 Å². The molecule has 2 atom stereocenters. The van der Waals surface area contributed by atoms with Crippen LogP contribution in [0.1, 0.15) is 0 Å². The van der Waals surface area contributed by atoms with E-state index in [4.69, 9.17) is 5.73 Å². The van der Waals surface area contributed by atoms with E-state index in [2.05, 4.69) is 27.9 Å². The number of rotatable bonds is 3. The Morgan fingerprint density at radius 3 is 2.61 bits per heavy atom.